The van der Waals surface area contributed by atoms with E-state index in [0.717, 1.165) is 4.90 Å². The highest BCUT2D eigenvalue weighted by Crippen LogP contribution is 2.37. The van der Waals surface area contributed by atoms with Crippen LogP contribution in [-0.2, 0) is 4.79 Å². The van der Waals surface area contributed by atoms with Crippen molar-refractivity contribution in [3.05, 3.63) is 34.6 Å². The van der Waals surface area contributed by atoms with E-state index in [-0.39, 0.29) is 41.0 Å². The number of carbonyl (C=O) groups is 2. The molecule has 1 saturated heterocycles. The molecule has 3 aromatic rings. The third-order valence-corrected chi connectivity index (χ3v) is 6.15. The Bertz CT molecular complexity index is 1440. The van der Waals surface area contributed by atoms with Gasteiger partial charge in [-0.25, -0.2) is 9.78 Å². The van der Waals surface area contributed by atoms with Crippen molar-refractivity contribution in [1.29, 1.82) is 10.5 Å². The van der Waals surface area contributed by atoms with Crippen molar-refractivity contribution in [2.45, 2.75) is 19.4 Å². The molecule has 1 aliphatic heterocycles. The number of ketones is 1. The Morgan fingerprint density at radius 2 is 2.14 bits per heavy atom. The van der Waals surface area contributed by atoms with E-state index in [0.29, 0.717) is 35.9 Å². The Labute approximate surface area is 210 Å². The number of Topliss-reactive ketones (excluding diaryl/α,β-unsaturated/α-hetero) is 1. The first-order valence-corrected chi connectivity index (χ1v) is 11.3. The summed E-state index contributed by atoms with van der Waals surface area (Å²) in [5, 5.41) is 38.9. The summed E-state index contributed by atoms with van der Waals surface area (Å²) in [6, 6.07) is 6.45. The highest BCUT2D eigenvalue weighted by atomic mass is 35.5. The fraction of sp³-hybridized carbons (Fsp3) is 0.318. The van der Waals surface area contributed by atoms with Crippen molar-refractivity contribution in [1.82, 2.24) is 24.5 Å². The highest BCUT2D eigenvalue weighted by Gasteiger charge is 2.33. The first kappa shape index (κ1) is 24.5. The monoisotopic (exact) mass is 508 g/mol. The molecule has 14 heteroatoms. The van der Waals surface area contributed by atoms with Crippen molar-refractivity contribution in [2.24, 2.45) is 0 Å². The number of benzene rings is 1. The van der Waals surface area contributed by atoms with Crippen molar-refractivity contribution in [3.8, 4) is 12.1 Å². The average Bonchev–Trinajstić information content (AvgIpc) is 3.28. The van der Waals surface area contributed by atoms with Crippen molar-refractivity contribution in [2.75, 3.05) is 42.2 Å². The minimum absolute atomic E-state index is 0.0656. The van der Waals surface area contributed by atoms with Gasteiger partial charge in [-0.15, -0.1) is 5.10 Å². The molecular formula is C22H21ClN10O3. The molecule has 184 valence electrons. The molecule has 0 spiro atoms. The largest absolute Gasteiger partial charge is 0.465 e. The number of hydrogen-bond donors (Lipinski definition) is 3. The van der Waals surface area contributed by atoms with Gasteiger partial charge in [-0.1, -0.05) is 11.6 Å². The van der Waals surface area contributed by atoms with Crippen LogP contribution in [0.25, 0.3) is 5.65 Å². The van der Waals surface area contributed by atoms with Crippen LogP contribution in [0.4, 0.5) is 27.9 Å². The van der Waals surface area contributed by atoms with Crippen molar-refractivity contribution in [3.63, 3.8) is 0 Å². The summed E-state index contributed by atoms with van der Waals surface area (Å²) in [4.78, 5) is 35.3. The highest BCUT2D eigenvalue weighted by molar-refractivity contribution is 6.36. The fourth-order valence-corrected chi connectivity index (χ4v) is 4.25. The van der Waals surface area contributed by atoms with Crippen LogP contribution in [0.1, 0.15) is 24.6 Å². The van der Waals surface area contributed by atoms with Gasteiger partial charge in [0.2, 0.25) is 5.95 Å². The zero-order chi connectivity index (χ0) is 26.0. The number of nitrogens with one attached hydrogen (secondary N) is 2. The molecule has 0 bridgehead atoms. The molecule has 1 unspecified atom stereocenters. The number of nitrogens with zero attached hydrogens (tertiary/aromatic N) is 8. The molecule has 0 aliphatic carbocycles. The van der Waals surface area contributed by atoms with E-state index in [4.69, 9.17) is 11.6 Å². The number of carbonyl (C=O) groups excluding carboxylic acids is 1. The molecule has 0 saturated carbocycles. The predicted octanol–water partition coefficient (Wildman–Crippen LogP) is 2.45. The van der Waals surface area contributed by atoms with Crippen LogP contribution < -0.4 is 15.5 Å². The second-order valence-corrected chi connectivity index (χ2v) is 8.36. The molecule has 36 heavy (non-hydrogen) atoms. The van der Waals surface area contributed by atoms with Crippen LogP contribution in [0, 0.1) is 22.7 Å². The molecule has 3 N–H and O–H groups in total. The van der Waals surface area contributed by atoms with Gasteiger partial charge in [0, 0.05) is 20.1 Å². The van der Waals surface area contributed by atoms with E-state index in [1.54, 1.807) is 11.0 Å². The maximum absolute atomic E-state index is 12.7. The maximum atomic E-state index is 12.7. The first-order chi connectivity index (χ1) is 17.3. The number of hydrogen-bond acceptors (Lipinski definition) is 10. The average molecular weight is 509 g/mol. The van der Waals surface area contributed by atoms with E-state index in [9.17, 15) is 25.2 Å². The second-order valence-electron chi connectivity index (χ2n) is 7.98. The lowest BCUT2D eigenvalue weighted by Gasteiger charge is -2.36. The molecule has 1 amide bonds. The SMILES string of the molecule is CCNc1nc(Nc2cc(C#N)cc(N3CCC(N(C)C(=O)O)C(=O)C3)c2Cl)nn2c(C#N)cnc12. The molecule has 1 aliphatic rings. The summed E-state index contributed by atoms with van der Waals surface area (Å²) in [6.07, 6.45) is 0.489. The molecule has 4 rings (SSSR count). The molecule has 0 radical (unpaired) electrons. The van der Waals surface area contributed by atoms with E-state index in [1.807, 2.05) is 13.0 Å². The Balaban J connectivity index is 1.69. The normalized spacial score (nSPS) is 15.3. The zero-order valence-electron chi connectivity index (χ0n) is 19.4. The van der Waals surface area contributed by atoms with Crippen LogP contribution in [0.5, 0.6) is 0 Å². The number of nitriles is 2. The molecule has 2 aromatic heterocycles. The zero-order valence-corrected chi connectivity index (χ0v) is 20.1. The predicted molar refractivity (Wildman–Crippen MR) is 131 cm³/mol. The van der Waals surface area contributed by atoms with Crippen molar-refractivity contribution >= 4 is 52.3 Å². The number of likely N-dealkylation sites (N-methyl/N-ethyl adjacent to an activating group) is 1. The Hall–Kier alpha value is -4.62. The van der Waals surface area contributed by atoms with Gasteiger partial charge in [-0.2, -0.15) is 20.0 Å². The standard InChI is InChI=1S/C22H21ClN10O3/c1-3-26-19-20-27-10-13(9-25)33(20)30-21(29-19)28-14-6-12(8-24)7-16(18(14)23)32-5-4-15(17(34)11-32)31(2)22(35)36/h6-7,10,15H,3-5,11H2,1-2H3,(H,35,36)(H2,26,28,29,30). The molecule has 1 fully saturated rings. The van der Waals surface area contributed by atoms with Crippen molar-refractivity contribution < 1.29 is 14.7 Å². The van der Waals surface area contributed by atoms with Crippen LogP contribution >= 0.6 is 11.6 Å². The number of amides is 1. The number of halogens is 1. The number of aromatic nitrogens is 4. The summed E-state index contributed by atoms with van der Waals surface area (Å²) < 4.78 is 1.35. The number of imidazole rings is 1. The minimum atomic E-state index is -1.18. The van der Waals surface area contributed by atoms with Gasteiger partial charge in [0.15, 0.2) is 22.9 Å². The molecule has 1 aromatic carbocycles. The topological polar surface area (TPSA) is 176 Å². The number of carboxylic acid groups (broad SMARTS) is 1. The lowest BCUT2D eigenvalue weighted by Crippen LogP contribution is -2.52. The maximum Gasteiger partial charge on any atom is 0.407 e. The third-order valence-electron chi connectivity index (χ3n) is 5.75. The lowest BCUT2D eigenvalue weighted by molar-refractivity contribution is -0.123. The van der Waals surface area contributed by atoms with Gasteiger partial charge >= 0.3 is 6.09 Å². The van der Waals surface area contributed by atoms with Crippen LogP contribution in [0.15, 0.2) is 18.3 Å². The summed E-state index contributed by atoms with van der Waals surface area (Å²) >= 11 is 6.70. The van der Waals surface area contributed by atoms with Crippen LogP contribution in [0.3, 0.4) is 0 Å². The number of fused-ring (bicyclic) bond motifs is 1. The van der Waals surface area contributed by atoms with E-state index in [1.165, 1.54) is 23.8 Å². The Kier molecular flexibility index (Phi) is 6.76. The second kappa shape index (κ2) is 9.93. The molecular weight excluding hydrogens is 488 g/mol. The lowest BCUT2D eigenvalue weighted by atomic mass is 10.0. The summed E-state index contributed by atoms with van der Waals surface area (Å²) in [6.45, 7) is 2.73. The smallest absolute Gasteiger partial charge is 0.407 e. The summed E-state index contributed by atoms with van der Waals surface area (Å²) in [7, 11) is 1.36. The number of anilines is 4. The molecule has 13 nitrogen and oxygen atoms in total. The Morgan fingerprint density at radius 3 is 2.78 bits per heavy atom. The van der Waals surface area contributed by atoms with Gasteiger partial charge in [-0.3, -0.25) is 4.79 Å². The summed E-state index contributed by atoms with van der Waals surface area (Å²) in [5.41, 5.74) is 1.63. The van der Waals surface area contributed by atoms with Gasteiger partial charge in [0.05, 0.1) is 46.8 Å². The fourth-order valence-electron chi connectivity index (χ4n) is 3.97. The number of piperidine rings is 1. The van der Waals surface area contributed by atoms with Crippen LogP contribution in [0.2, 0.25) is 5.02 Å². The van der Waals surface area contributed by atoms with Gasteiger partial charge < -0.3 is 25.5 Å². The van der Waals surface area contributed by atoms with Gasteiger partial charge in [0.25, 0.3) is 0 Å². The van der Waals surface area contributed by atoms with Crippen LogP contribution in [-0.4, -0.2) is 74.2 Å². The first-order valence-electron chi connectivity index (χ1n) is 10.9. The van der Waals surface area contributed by atoms with Gasteiger partial charge in [0.1, 0.15) is 6.07 Å². The van der Waals surface area contributed by atoms with E-state index in [2.05, 4.69) is 31.8 Å². The van der Waals surface area contributed by atoms with Gasteiger partial charge in [-0.05, 0) is 25.5 Å². The number of rotatable bonds is 6. The third kappa shape index (κ3) is 4.52. The molecule has 1 atom stereocenters. The minimum Gasteiger partial charge on any atom is -0.465 e. The summed E-state index contributed by atoms with van der Waals surface area (Å²) in [5.74, 6) is 0.237. The Morgan fingerprint density at radius 1 is 1.36 bits per heavy atom. The van der Waals surface area contributed by atoms with E-state index < -0.39 is 12.1 Å². The van der Waals surface area contributed by atoms with E-state index >= 15 is 0 Å². The molecule has 3 heterocycles. The quantitative estimate of drug-likeness (QED) is 0.445.